The molecular weight excluding hydrogens is 351 g/mol. The molecule has 0 amide bonds. The first-order valence-corrected chi connectivity index (χ1v) is 10.3. The molecular formula is C23H25BO4. The molecule has 2 atom stereocenters. The Hall–Kier alpha value is -2.11. The minimum absolute atomic E-state index is 0.0820. The quantitative estimate of drug-likeness (QED) is 0.788. The van der Waals surface area contributed by atoms with E-state index in [2.05, 4.69) is 0 Å². The van der Waals surface area contributed by atoms with Gasteiger partial charge in [-0.3, -0.25) is 4.79 Å². The normalized spacial score (nSPS) is 30.5. The molecule has 6 rings (SSSR count). The molecule has 4 aliphatic rings. The maximum absolute atomic E-state index is 12.6. The third-order valence-corrected chi connectivity index (χ3v) is 7.10. The van der Waals surface area contributed by atoms with E-state index in [-0.39, 0.29) is 17.3 Å². The molecule has 4 bridgehead atoms. The smallest absolute Gasteiger partial charge is 0.488 e. The van der Waals surface area contributed by atoms with Gasteiger partial charge in [0.2, 0.25) is 0 Å². The van der Waals surface area contributed by atoms with E-state index in [9.17, 15) is 14.8 Å². The monoisotopic (exact) mass is 376 g/mol. The van der Waals surface area contributed by atoms with E-state index >= 15 is 0 Å². The zero-order valence-corrected chi connectivity index (χ0v) is 15.9. The Morgan fingerprint density at radius 1 is 1.00 bits per heavy atom. The molecule has 0 radical (unpaired) electrons. The number of carbonyl (C=O) groups is 1. The van der Waals surface area contributed by atoms with Crippen LogP contribution in [0.1, 0.15) is 43.2 Å². The van der Waals surface area contributed by atoms with Gasteiger partial charge in [0, 0.05) is 22.8 Å². The van der Waals surface area contributed by atoms with Gasteiger partial charge < -0.3 is 14.8 Å². The third-order valence-electron chi connectivity index (χ3n) is 7.10. The second kappa shape index (κ2) is 6.75. The fraction of sp³-hybridized carbons (Fsp3) is 0.435. The number of rotatable bonds is 5. The van der Waals surface area contributed by atoms with Crippen molar-refractivity contribution < 1.29 is 19.6 Å². The summed E-state index contributed by atoms with van der Waals surface area (Å²) in [6, 6.07) is 15.5. The molecule has 2 unspecified atom stereocenters. The summed E-state index contributed by atoms with van der Waals surface area (Å²) in [5, 5.41) is 19.5. The van der Waals surface area contributed by atoms with Crippen molar-refractivity contribution in [1.82, 2.24) is 0 Å². The SMILES string of the molecule is O=C1C2CC3CC1CC(c1cc(B(O)O)ccc1OCc1ccccc1)(C3)C2. The molecule has 4 saturated carbocycles. The second-order valence-electron chi connectivity index (χ2n) is 8.93. The second-order valence-corrected chi connectivity index (χ2v) is 8.93. The van der Waals surface area contributed by atoms with Crippen LogP contribution in [0, 0.1) is 17.8 Å². The Morgan fingerprint density at radius 2 is 1.71 bits per heavy atom. The summed E-state index contributed by atoms with van der Waals surface area (Å²) in [7, 11) is -1.50. The number of hydrogen-bond donors (Lipinski definition) is 2. The Morgan fingerprint density at radius 3 is 2.39 bits per heavy atom. The molecule has 4 fully saturated rings. The highest BCUT2D eigenvalue weighted by Crippen LogP contribution is 2.60. The van der Waals surface area contributed by atoms with Crippen LogP contribution in [0.4, 0.5) is 0 Å². The number of carbonyl (C=O) groups excluding carboxylic acids is 1. The molecule has 28 heavy (non-hydrogen) atoms. The Labute approximate surface area is 165 Å². The molecule has 4 aliphatic carbocycles. The van der Waals surface area contributed by atoms with E-state index in [1.807, 2.05) is 42.5 Å². The zero-order chi connectivity index (χ0) is 19.3. The van der Waals surface area contributed by atoms with Crippen LogP contribution in [-0.2, 0) is 16.8 Å². The van der Waals surface area contributed by atoms with E-state index in [0.717, 1.165) is 49.0 Å². The van der Waals surface area contributed by atoms with Gasteiger partial charge in [-0.1, -0.05) is 42.5 Å². The molecule has 5 heteroatoms. The lowest BCUT2D eigenvalue weighted by molar-refractivity contribution is -0.142. The summed E-state index contributed by atoms with van der Waals surface area (Å²) < 4.78 is 6.23. The lowest BCUT2D eigenvalue weighted by Gasteiger charge is -2.56. The van der Waals surface area contributed by atoms with E-state index in [4.69, 9.17) is 4.74 Å². The molecule has 2 aromatic carbocycles. The van der Waals surface area contributed by atoms with Crippen molar-refractivity contribution >= 4 is 18.4 Å². The van der Waals surface area contributed by atoms with Crippen LogP contribution in [0.3, 0.4) is 0 Å². The Bertz CT molecular complexity index is 877. The maximum atomic E-state index is 12.6. The van der Waals surface area contributed by atoms with Crippen LogP contribution in [0.25, 0.3) is 0 Å². The molecule has 144 valence electrons. The predicted molar refractivity (Wildman–Crippen MR) is 107 cm³/mol. The average Bonchev–Trinajstić information content (AvgIpc) is 2.70. The van der Waals surface area contributed by atoms with Crippen molar-refractivity contribution in [2.24, 2.45) is 17.8 Å². The summed E-state index contributed by atoms with van der Waals surface area (Å²) in [6.07, 6.45) is 4.86. The minimum atomic E-state index is -1.50. The van der Waals surface area contributed by atoms with E-state index in [1.165, 1.54) is 0 Å². The van der Waals surface area contributed by atoms with Crippen molar-refractivity contribution in [3.05, 3.63) is 59.7 Å². The van der Waals surface area contributed by atoms with Crippen molar-refractivity contribution in [3.8, 4) is 5.75 Å². The van der Waals surface area contributed by atoms with Crippen molar-refractivity contribution in [2.45, 2.75) is 44.1 Å². The van der Waals surface area contributed by atoms with Crippen LogP contribution in [0.5, 0.6) is 5.75 Å². The summed E-state index contributed by atoms with van der Waals surface area (Å²) in [5.74, 6) is 2.19. The molecule has 0 spiro atoms. The molecule has 0 aliphatic heterocycles. The molecule has 2 N–H and O–H groups in total. The van der Waals surface area contributed by atoms with Crippen molar-refractivity contribution in [3.63, 3.8) is 0 Å². The average molecular weight is 376 g/mol. The third kappa shape index (κ3) is 2.97. The van der Waals surface area contributed by atoms with E-state index in [1.54, 1.807) is 6.07 Å². The number of ether oxygens (including phenoxy) is 1. The first-order valence-electron chi connectivity index (χ1n) is 10.3. The molecule has 4 nitrogen and oxygen atoms in total. The summed E-state index contributed by atoms with van der Waals surface area (Å²) in [4.78, 5) is 12.6. The summed E-state index contributed by atoms with van der Waals surface area (Å²) in [6.45, 7) is 0.472. The van der Waals surface area contributed by atoms with Gasteiger partial charge in [0.1, 0.15) is 18.1 Å². The number of benzene rings is 2. The Balaban J connectivity index is 1.52. The van der Waals surface area contributed by atoms with Crippen LogP contribution in [0.15, 0.2) is 48.5 Å². The van der Waals surface area contributed by atoms with Crippen LogP contribution < -0.4 is 10.2 Å². The summed E-state index contributed by atoms with van der Waals surface area (Å²) >= 11 is 0. The first kappa shape index (κ1) is 18.0. The minimum Gasteiger partial charge on any atom is -0.489 e. The Kier molecular flexibility index (Phi) is 4.33. The molecule has 0 aromatic heterocycles. The number of hydrogen-bond acceptors (Lipinski definition) is 4. The van der Waals surface area contributed by atoms with Gasteiger partial charge in [-0.25, -0.2) is 0 Å². The molecule has 0 saturated heterocycles. The van der Waals surface area contributed by atoms with Gasteiger partial charge in [0.05, 0.1) is 0 Å². The predicted octanol–water partition coefficient (Wildman–Crippen LogP) is 2.59. The number of Topliss-reactive ketones (excluding diaryl/α,β-unsaturated/α-hetero) is 1. The fourth-order valence-corrected chi connectivity index (χ4v) is 6.06. The van der Waals surface area contributed by atoms with Crippen LogP contribution >= 0.6 is 0 Å². The topological polar surface area (TPSA) is 66.8 Å². The lowest BCUT2D eigenvalue weighted by atomic mass is 9.47. The first-order chi connectivity index (χ1) is 13.5. The van der Waals surface area contributed by atoms with Gasteiger partial charge in [-0.15, -0.1) is 0 Å². The number of ketones is 1. The standard InChI is InChI=1S/C23H25BO4/c25-22-17-8-16-9-18(22)13-23(11-16,12-17)20-10-19(24(26)27)6-7-21(20)28-14-15-4-2-1-3-5-15/h1-7,10,16-18,26-27H,8-9,11-14H2. The fourth-order valence-electron chi connectivity index (χ4n) is 6.06. The molecule has 0 heterocycles. The van der Waals surface area contributed by atoms with Gasteiger partial charge in [-0.2, -0.15) is 0 Å². The summed E-state index contributed by atoms with van der Waals surface area (Å²) in [5.41, 5.74) is 2.56. The van der Waals surface area contributed by atoms with E-state index < -0.39 is 7.12 Å². The van der Waals surface area contributed by atoms with E-state index in [0.29, 0.717) is 23.8 Å². The zero-order valence-electron chi connectivity index (χ0n) is 15.9. The lowest BCUT2D eigenvalue weighted by Crippen LogP contribution is -2.53. The van der Waals surface area contributed by atoms with Crippen LogP contribution in [0.2, 0.25) is 0 Å². The van der Waals surface area contributed by atoms with Crippen molar-refractivity contribution in [2.75, 3.05) is 0 Å². The maximum Gasteiger partial charge on any atom is 0.488 e. The highest BCUT2D eigenvalue weighted by atomic mass is 16.5. The van der Waals surface area contributed by atoms with Gasteiger partial charge >= 0.3 is 7.12 Å². The van der Waals surface area contributed by atoms with Gasteiger partial charge in [0.15, 0.2) is 0 Å². The molecule has 2 aromatic rings. The highest BCUT2D eigenvalue weighted by Gasteiger charge is 2.56. The highest BCUT2D eigenvalue weighted by molar-refractivity contribution is 6.58. The largest absolute Gasteiger partial charge is 0.489 e. The van der Waals surface area contributed by atoms with Crippen LogP contribution in [-0.4, -0.2) is 22.9 Å². The van der Waals surface area contributed by atoms with Gasteiger partial charge in [-0.05, 0) is 55.1 Å². The van der Waals surface area contributed by atoms with Crippen molar-refractivity contribution in [1.29, 1.82) is 0 Å². The van der Waals surface area contributed by atoms with Gasteiger partial charge in [0.25, 0.3) is 0 Å².